The first kappa shape index (κ1) is 13.1. The van der Waals surface area contributed by atoms with Crippen LogP contribution in [0.1, 0.15) is 39.5 Å². The van der Waals surface area contributed by atoms with Crippen LogP contribution in [-0.2, 0) is 15.0 Å². The number of unbranched alkanes of at least 4 members (excludes halogenated alkanes) is 2. The number of hydrogen-bond donors (Lipinski definition) is 0. The molecule has 0 unspecified atom stereocenters. The molecule has 0 spiro atoms. The van der Waals surface area contributed by atoms with E-state index in [1.165, 1.54) is 6.92 Å². The third kappa shape index (κ3) is 26.5. The Labute approximate surface area is 68.0 Å². The molecule has 0 N–H and O–H groups in total. The maximum Gasteiger partial charge on any atom is 0.355 e. The average Bonchev–Trinajstić information content (AvgIpc) is 2.02. The molecule has 11 heavy (non-hydrogen) atoms. The van der Waals surface area contributed by atoms with Gasteiger partial charge in [0.05, 0.1) is 6.61 Å². The van der Waals surface area contributed by atoms with Crippen molar-refractivity contribution < 1.29 is 15.0 Å². The highest BCUT2D eigenvalue weighted by molar-refractivity contribution is 5.65. The molecule has 0 aliphatic rings. The van der Waals surface area contributed by atoms with Crippen LogP contribution in [0.4, 0.5) is 0 Å². The van der Waals surface area contributed by atoms with Crippen molar-refractivity contribution in [2.45, 2.75) is 39.5 Å². The molecule has 0 saturated carbocycles. The molecule has 3 heteroatoms. The van der Waals surface area contributed by atoms with Crippen LogP contribution >= 0.6 is 0 Å². The van der Waals surface area contributed by atoms with Crippen molar-refractivity contribution in [3.05, 3.63) is 0 Å². The number of carbonyl (C=O) groups is 1. The molecule has 0 rings (SSSR count). The van der Waals surface area contributed by atoms with Crippen LogP contribution in [0, 0.1) is 0 Å². The Morgan fingerprint density at radius 3 is 1.73 bits per heavy atom. The van der Waals surface area contributed by atoms with Gasteiger partial charge in [-0.25, -0.2) is 15.0 Å². The first-order valence-electron chi connectivity index (χ1n) is 3.96. The van der Waals surface area contributed by atoms with E-state index in [0.717, 1.165) is 19.3 Å². The molecule has 0 aliphatic carbocycles. The van der Waals surface area contributed by atoms with Crippen molar-refractivity contribution in [1.29, 1.82) is 0 Å². The molecular weight excluding hydrogens is 144 g/mol. The highest BCUT2D eigenvalue weighted by atomic mass is 16.4. The van der Waals surface area contributed by atoms with Crippen LogP contribution in [0.5, 0.6) is 0 Å². The maximum absolute atomic E-state index is 9.69. The zero-order chi connectivity index (χ0) is 9.11. The van der Waals surface area contributed by atoms with Crippen molar-refractivity contribution in [3.8, 4) is 0 Å². The zero-order valence-electron chi connectivity index (χ0n) is 7.26. The smallest absolute Gasteiger partial charge is 0.247 e. The van der Waals surface area contributed by atoms with Crippen LogP contribution in [0.15, 0.2) is 0 Å². The van der Waals surface area contributed by atoms with E-state index in [4.69, 9.17) is 0 Å². The second-order valence-corrected chi connectivity index (χ2v) is 2.14. The van der Waals surface area contributed by atoms with E-state index in [1.54, 1.807) is 0 Å². The normalized spacial score (nSPS) is 8.27. The largest absolute Gasteiger partial charge is 0.355 e. The Balaban J connectivity index is 0. The Morgan fingerprint density at radius 2 is 1.64 bits per heavy atom. The number of hydrogen-bond acceptors (Lipinski definition) is 1. The summed E-state index contributed by atoms with van der Waals surface area (Å²) >= 11 is 0. The van der Waals surface area contributed by atoms with Crippen LogP contribution < -0.4 is 0 Å². The molecule has 0 saturated heterocycles. The van der Waals surface area contributed by atoms with Gasteiger partial charge in [0.2, 0.25) is 0 Å². The fraction of sp³-hybridized carbons (Fsp3) is 0.875. The topological polar surface area (TPSA) is 56.9 Å². The van der Waals surface area contributed by atoms with Gasteiger partial charge in [-0.1, -0.05) is 26.7 Å². The number of rotatable bonds is 4. The van der Waals surface area contributed by atoms with Gasteiger partial charge in [0.15, 0.2) is 0 Å². The van der Waals surface area contributed by atoms with Gasteiger partial charge in [0, 0.05) is 6.42 Å². The van der Waals surface area contributed by atoms with Gasteiger partial charge >= 0.3 is 5.97 Å². The summed E-state index contributed by atoms with van der Waals surface area (Å²) in [7, 11) is 0. The molecule has 3 nitrogen and oxygen atoms in total. The third-order valence-electron chi connectivity index (χ3n) is 1.04. The minimum absolute atomic E-state index is 0.105. The Hall–Kier alpha value is -0.570. The van der Waals surface area contributed by atoms with Crippen LogP contribution in [0.2, 0.25) is 0 Å². The van der Waals surface area contributed by atoms with E-state index in [9.17, 15) is 15.0 Å². The van der Waals surface area contributed by atoms with Crippen molar-refractivity contribution >= 4 is 5.97 Å². The van der Waals surface area contributed by atoms with Crippen molar-refractivity contribution in [2.75, 3.05) is 6.61 Å². The summed E-state index contributed by atoms with van der Waals surface area (Å²) in [6, 6.07) is 0. The zero-order valence-corrected chi connectivity index (χ0v) is 7.26. The lowest BCUT2D eigenvalue weighted by atomic mass is 10.3. The lowest BCUT2D eigenvalue weighted by molar-refractivity contribution is -0.142. The van der Waals surface area contributed by atoms with Crippen LogP contribution in [0.25, 0.3) is 0 Å². The molecule has 0 heterocycles. The fourth-order valence-electron chi connectivity index (χ4n) is 0.352. The molecule has 0 bridgehead atoms. The monoisotopic (exact) mass is 160 g/mol. The summed E-state index contributed by atoms with van der Waals surface area (Å²) in [4.78, 5) is 9.26. The van der Waals surface area contributed by atoms with E-state index in [2.05, 4.69) is 6.92 Å². The first-order chi connectivity index (χ1) is 5.18. The first-order valence-corrected chi connectivity index (χ1v) is 3.96. The SMILES string of the molecule is CCC([O])=O.CCCCC[O]. The standard InChI is InChI=1S/C5H11O.C3H5O2/c1-2-3-4-5-6;1-2-3(4)5/h2-5H2,1H3;2H2,1H3. The summed E-state index contributed by atoms with van der Waals surface area (Å²) in [5, 5.41) is 18.9. The van der Waals surface area contributed by atoms with Gasteiger partial charge < -0.3 is 0 Å². The minimum Gasteiger partial charge on any atom is -0.247 e. The van der Waals surface area contributed by atoms with Gasteiger partial charge in [-0.2, -0.15) is 0 Å². The molecule has 0 aromatic heterocycles. The molecule has 0 aromatic carbocycles. The van der Waals surface area contributed by atoms with Gasteiger partial charge in [0.1, 0.15) is 0 Å². The molecule has 2 radical (unpaired) electrons. The molecular formula is C8H16O3. The van der Waals surface area contributed by atoms with Crippen LogP contribution in [-0.4, -0.2) is 12.6 Å². The summed E-state index contributed by atoms with van der Waals surface area (Å²) in [5.41, 5.74) is 0. The maximum atomic E-state index is 9.69. The predicted molar refractivity (Wildman–Crippen MR) is 41.1 cm³/mol. The van der Waals surface area contributed by atoms with Gasteiger partial charge in [-0.15, -0.1) is 0 Å². The summed E-state index contributed by atoms with van der Waals surface area (Å²) in [6.07, 6.45) is 3.22. The Kier molecular flexibility index (Phi) is 14.4. The quantitative estimate of drug-likeness (QED) is 0.580. The molecule has 0 atom stereocenters. The van der Waals surface area contributed by atoms with Gasteiger partial charge in [-0.05, 0) is 6.42 Å². The minimum atomic E-state index is -0.995. The Morgan fingerprint density at radius 1 is 1.18 bits per heavy atom. The second kappa shape index (κ2) is 12.1. The number of carbonyl (C=O) groups excluding carboxylic acids is 1. The summed E-state index contributed by atoms with van der Waals surface area (Å²) in [6.45, 7) is 3.73. The van der Waals surface area contributed by atoms with E-state index >= 15 is 0 Å². The fourth-order valence-corrected chi connectivity index (χ4v) is 0.352. The highest BCUT2D eigenvalue weighted by Gasteiger charge is 1.85. The van der Waals surface area contributed by atoms with Crippen LogP contribution in [0.3, 0.4) is 0 Å². The Bertz CT molecular complexity index is 77.4. The molecule has 0 aromatic rings. The predicted octanol–water partition coefficient (Wildman–Crippen LogP) is 1.96. The van der Waals surface area contributed by atoms with Crippen molar-refractivity contribution in [2.24, 2.45) is 0 Å². The summed E-state index contributed by atoms with van der Waals surface area (Å²) < 4.78 is 0. The van der Waals surface area contributed by atoms with Crippen molar-refractivity contribution in [1.82, 2.24) is 0 Å². The van der Waals surface area contributed by atoms with E-state index in [-0.39, 0.29) is 13.0 Å². The average molecular weight is 160 g/mol. The van der Waals surface area contributed by atoms with E-state index in [1.807, 2.05) is 0 Å². The molecule has 0 amide bonds. The van der Waals surface area contributed by atoms with Crippen molar-refractivity contribution in [3.63, 3.8) is 0 Å². The molecule has 0 aliphatic heterocycles. The highest BCUT2D eigenvalue weighted by Crippen LogP contribution is 1.89. The van der Waals surface area contributed by atoms with E-state index < -0.39 is 5.97 Å². The molecule has 66 valence electrons. The lowest BCUT2D eigenvalue weighted by Crippen LogP contribution is -1.83. The van der Waals surface area contributed by atoms with Gasteiger partial charge in [0.25, 0.3) is 0 Å². The van der Waals surface area contributed by atoms with E-state index in [0.29, 0.717) is 0 Å². The third-order valence-corrected chi connectivity index (χ3v) is 1.04. The van der Waals surface area contributed by atoms with Gasteiger partial charge in [-0.3, -0.25) is 0 Å². The lowest BCUT2D eigenvalue weighted by Gasteiger charge is -1.84. The molecule has 0 fully saturated rings. The second-order valence-electron chi connectivity index (χ2n) is 2.14. The summed E-state index contributed by atoms with van der Waals surface area (Å²) in [5.74, 6) is -0.995.